The van der Waals surface area contributed by atoms with E-state index in [4.69, 9.17) is 19.2 Å². The summed E-state index contributed by atoms with van der Waals surface area (Å²) in [7, 11) is 0. The van der Waals surface area contributed by atoms with Gasteiger partial charge in [0.05, 0.1) is 62.7 Å². The number of para-hydroxylation sites is 2. The van der Waals surface area contributed by atoms with Gasteiger partial charge in [-0.25, -0.2) is 4.98 Å². The molecule has 2 aromatic carbocycles. The molecule has 12 nitrogen and oxygen atoms in total. The maximum atomic E-state index is 12.8. The Morgan fingerprint density at radius 1 is 0.580 bits per heavy atom. The van der Waals surface area contributed by atoms with Crippen molar-refractivity contribution in [2.24, 2.45) is 0 Å². The molecule has 3 rings (SSSR count). The molecule has 0 unspecified atom stereocenters. The number of ether oxygens (including phenoxy) is 3. The summed E-state index contributed by atoms with van der Waals surface area (Å²) in [5, 5.41) is 8.93. The molecule has 0 atom stereocenters. The Morgan fingerprint density at radius 3 is 1.48 bits per heavy atom. The average Bonchev–Trinajstić information content (AvgIpc) is 3.09. The second-order valence-electron chi connectivity index (χ2n) is 12.1. The second-order valence-corrected chi connectivity index (χ2v) is 12.1. The van der Waals surface area contributed by atoms with Crippen LogP contribution < -0.4 is 10.6 Å². The lowest BCUT2D eigenvalue weighted by molar-refractivity contribution is -0.149. The van der Waals surface area contributed by atoms with Crippen molar-refractivity contribution in [3.05, 3.63) is 48.5 Å². The highest BCUT2D eigenvalue weighted by Gasteiger charge is 2.20. The molecular formula is C38H55N5O7. The van der Waals surface area contributed by atoms with Crippen LogP contribution in [-0.2, 0) is 33.4 Å². The fourth-order valence-corrected chi connectivity index (χ4v) is 5.74. The number of carbonyl (C=O) groups is 4. The number of nitrogens with zero attached hydrogens (tertiary/aromatic N) is 3. The van der Waals surface area contributed by atoms with Gasteiger partial charge >= 0.3 is 17.9 Å². The number of pyridine rings is 1. The van der Waals surface area contributed by atoms with Gasteiger partial charge in [-0.2, -0.15) is 0 Å². The van der Waals surface area contributed by atoms with E-state index in [0.717, 1.165) is 79.0 Å². The highest BCUT2D eigenvalue weighted by Crippen LogP contribution is 2.30. The first-order valence-electron chi connectivity index (χ1n) is 18.0. The number of rotatable bonds is 25. The molecule has 3 aromatic rings. The number of aromatic nitrogens is 1. The molecule has 0 radical (unpaired) electrons. The molecule has 1 heterocycles. The van der Waals surface area contributed by atoms with Crippen LogP contribution in [0.1, 0.15) is 65.7 Å². The second kappa shape index (κ2) is 23.2. The van der Waals surface area contributed by atoms with E-state index < -0.39 is 17.9 Å². The predicted octanol–water partition coefficient (Wildman–Crippen LogP) is 4.94. The molecule has 0 spiro atoms. The molecule has 274 valence electrons. The van der Waals surface area contributed by atoms with Crippen LogP contribution in [0, 0.1) is 0 Å². The maximum absolute atomic E-state index is 12.8. The first-order chi connectivity index (χ1) is 24.3. The van der Waals surface area contributed by atoms with Crippen molar-refractivity contribution in [3.8, 4) is 0 Å². The minimum atomic E-state index is -0.466. The average molecular weight is 694 g/mol. The van der Waals surface area contributed by atoms with Gasteiger partial charge in [-0.15, -0.1) is 0 Å². The number of carbonyl (C=O) groups excluding carboxylic acids is 4. The molecular weight excluding hydrogens is 638 g/mol. The summed E-state index contributed by atoms with van der Waals surface area (Å²) in [6, 6.07) is 16.5. The van der Waals surface area contributed by atoms with Gasteiger partial charge in [-0.05, 0) is 45.7 Å². The zero-order chi connectivity index (χ0) is 36.0. The van der Waals surface area contributed by atoms with Crippen LogP contribution in [0.25, 0.3) is 21.8 Å². The third-order valence-corrected chi connectivity index (χ3v) is 8.14. The van der Waals surface area contributed by atoms with Gasteiger partial charge in [0.1, 0.15) is 0 Å². The molecule has 0 aliphatic carbocycles. The predicted molar refractivity (Wildman–Crippen MR) is 196 cm³/mol. The zero-order valence-electron chi connectivity index (χ0n) is 30.0. The summed E-state index contributed by atoms with van der Waals surface area (Å²) >= 11 is 0. The van der Waals surface area contributed by atoms with Gasteiger partial charge in [0.25, 0.3) is 0 Å². The number of benzene rings is 2. The first kappa shape index (κ1) is 40.1. The van der Waals surface area contributed by atoms with E-state index in [0.29, 0.717) is 6.54 Å². The number of nitrogens with one attached hydrogen (secondary N) is 2. The Hall–Kier alpha value is -4.29. The fourth-order valence-electron chi connectivity index (χ4n) is 5.74. The molecule has 1 amide bonds. The minimum Gasteiger partial charge on any atom is -0.465 e. The Labute approximate surface area is 296 Å². The number of amides is 1. The molecule has 0 saturated carbocycles. The highest BCUT2D eigenvalue weighted by atomic mass is 16.5. The van der Waals surface area contributed by atoms with Crippen molar-refractivity contribution >= 4 is 51.3 Å². The van der Waals surface area contributed by atoms with Crippen LogP contribution >= 0.6 is 0 Å². The van der Waals surface area contributed by atoms with E-state index in [9.17, 15) is 19.2 Å². The fraction of sp³-hybridized carbons (Fsp3) is 0.553. The van der Waals surface area contributed by atoms with Gasteiger partial charge < -0.3 is 24.8 Å². The smallest absolute Gasteiger partial charge is 0.320 e. The largest absolute Gasteiger partial charge is 0.465 e. The van der Waals surface area contributed by atoms with Crippen LogP contribution in [0.2, 0.25) is 0 Å². The zero-order valence-corrected chi connectivity index (χ0v) is 30.0. The highest BCUT2D eigenvalue weighted by molar-refractivity contribution is 6.07. The Kier molecular flexibility index (Phi) is 18.6. The Balaban J connectivity index is 1.33. The van der Waals surface area contributed by atoms with E-state index >= 15 is 0 Å². The van der Waals surface area contributed by atoms with Crippen LogP contribution in [-0.4, -0.2) is 111 Å². The summed E-state index contributed by atoms with van der Waals surface area (Å²) in [6.07, 6.45) is 7.56. The van der Waals surface area contributed by atoms with Crippen molar-refractivity contribution < 1.29 is 33.4 Å². The molecule has 1 aromatic heterocycles. The van der Waals surface area contributed by atoms with E-state index in [1.165, 1.54) is 0 Å². The van der Waals surface area contributed by atoms with Crippen molar-refractivity contribution in [1.29, 1.82) is 0 Å². The van der Waals surface area contributed by atoms with Gasteiger partial charge in [0.15, 0.2) is 0 Å². The van der Waals surface area contributed by atoms with Crippen LogP contribution in [0.4, 0.5) is 5.69 Å². The minimum absolute atomic E-state index is 0.00934. The lowest BCUT2D eigenvalue weighted by atomic mass is 10.1. The van der Waals surface area contributed by atoms with E-state index in [2.05, 4.69) is 47.0 Å². The third-order valence-electron chi connectivity index (χ3n) is 8.14. The summed E-state index contributed by atoms with van der Waals surface area (Å²) in [5.41, 5.74) is 3.16. The third kappa shape index (κ3) is 14.7. The lowest BCUT2D eigenvalue weighted by Gasteiger charge is -2.25. The van der Waals surface area contributed by atoms with E-state index in [1.54, 1.807) is 30.6 Å². The lowest BCUT2D eigenvalue weighted by Crippen LogP contribution is -2.46. The van der Waals surface area contributed by atoms with Crippen molar-refractivity contribution in [1.82, 2.24) is 20.1 Å². The van der Waals surface area contributed by atoms with Gasteiger partial charge in [0, 0.05) is 37.0 Å². The molecule has 0 aliphatic heterocycles. The topological polar surface area (TPSA) is 139 Å². The molecule has 0 fully saturated rings. The molecule has 50 heavy (non-hydrogen) atoms. The van der Waals surface area contributed by atoms with E-state index in [1.807, 2.05) is 12.1 Å². The summed E-state index contributed by atoms with van der Waals surface area (Å²) in [4.78, 5) is 57.3. The van der Waals surface area contributed by atoms with Crippen LogP contribution in [0.5, 0.6) is 0 Å². The number of anilines is 1. The van der Waals surface area contributed by atoms with Gasteiger partial charge in [0.2, 0.25) is 5.91 Å². The normalized spacial score (nSPS) is 11.2. The van der Waals surface area contributed by atoms with Crippen molar-refractivity contribution in [3.63, 3.8) is 0 Å². The van der Waals surface area contributed by atoms with E-state index in [-0.39, 0.29) is 65.0 Å². The maximum Gasteiger partial charge on any atom is 0.320 e. The van der Waals surface area contributed by atoms with Crippen LogP contribution in [0.3, 0.4) is 0 Å². The Morgan fingerprint density at radius 2 is 1.00 bits per heavy atom. The number of unbranched alkanes of at least 4 members (excludes halogenated alkanes) is 6. The number of esters is 3. The van der Waals surface area contributed by atoms with Crippen molar-refractivity contribution in [2.75, 3.05) is 77.5 Å². The number of fused-ring (bicyclic) bond motifs is 2. The Bertz CT molecular complexity index is 1430. The summed E-state index contributed by atoms with van der Waals surface area (Å²) in [6.45, 7) is 7.49. The van der Waals surface area contributed by atoms with Crippen molar-refractivity contribution in [2.45, 2.75) is 65.7 Å². The van der Waals surface area contributed by atoms with Gasteiger partial charge in [-0.3, -0.25) is 29.0 Å². The standard InChI is InChI=1S/C38H55N5O7/c1-4-48-35(45)27-42(24-25-43(28-36(46)49-5-2)29-37(47)50-6-3)26-34(44)39-22-16-10-8-7-9-11-17-23-40-38-30-18-12-14-20-32(30)41-33-21-15-13-19-31(33)38/h12-15,18-21H,4-11,16-17,22-29H2,1-3H3,(H,39,44)(H,40,41). The molecule has 0 bridgehead atoms. The molecule has 0 aliphatic rings. The molecule has 2 N–H and O–H groups in total. The quantitative estimate of drug-likeness (QED) is 0.0540. The number of hydrogen-bond donors (Lipinski definition) is 2. The van der Waals surface area contributed by atoms with Gasteiger partial charge in [-0.1, -0.05) is 68.5 Å². The SMILES string of the molecule is CCOC(=O)CN(CCN(CC(=O)OCC)CC(=O)OCC)CC(=O)NCCCCCCCCCNc1c2ccccc2nc2ccccc12. The van der Waals surface area contributed by atoms with Crippen LogP contribution in [0.15, 0.2) is 48.5 Å². The first-order valence-corrected chi connectivity index (χ1v) is 18.0. The summed E-state index contributed by atoms with van der Waals surface area (Å²) < 4.78 is 15.2. The molecule has 12 heteroatoms. The monoisotopic (exact) mass is 693 g/mol. The molecule has 0 saturated heterocycles. The number of hydrogen-bond acceptors (Lipinski definition) is 11. The summed E-state index contributed by atoms with van der Waals surface area (Å²) in [5.74, 6) is -1.57.